The summed E-state index contributed by atoms with van der Waals surface area (Å²) < 4.78 is 0. The molecule has 6 aromatic carbocycles. The van der Waals surface area contributed by atoms with E-state index < -0.39 is 0 Å². The van der Waals surface area contributed by atoms with Gasteiger partial charge in [0.15, 0.2) is 0 Å². The Morgan fingerprint density at radius 3 is 0.863 bits per heavy atom. The van der Waals surface area contributed by atoms with Crippen LogP contribution in [0, 0.1) is 95.2 Å². The van der Waals surface area contributed by atoms with E-state index in [0.29, 0.717) is 11.4 Å². The van der Waals surface area contributed by atoms with Crippen molar-refractivity contribution in [1.29, 1.82) is 0 Å². The summed E-state index contributed by atoms with van der Waals surface area (Å²) in [5.41, 5.74) is 42.0. The topological polar surface area (TPSA) is 47.6 Å². The molecule has 51 heavy (non-hydrogen) atoms. The summed E-state index contributed by atoms with van der Waals surface area (Å²) in [6, 6.07) is 32.3. The molecule has 6 aromatic rings. The first-order valence-electron chi connectivity index (χ1n) is 17.5. The first kappa shape index (κ1) is 39.3. The minimum atomic E-state index is 0. The van der Waals surface area contributed by atoms with Crippen LogP contribution in [0.15, 0.2) is 72.8 Å². The monoisotopic (exact) mass is 705 g/mol. The van der Waals surface area contributed by atoms with E-state index in [-0.39, 0.29) is 18.6 Å². The van der Waals surface area contributed by atoms with Crippen LogP contribution in [0.5, 0.6) is 0 Å². The molecular formula is C48H50N2V. The first-order chi connectivity index (χ1) is 23.6. The molecule has 2 nitrogen and oxygen atoms in total. The van der Waals surface area contributed by atoms with Gasteiger partial charge in [-0.25, -0.2) is 5.56 Å². The van der Waals surface area contributed by atoms with Gasteiger partial charge in [-0.2, -0.15) is 0 Å². The molecule has 0 heterocycles. The molecular weight excluding hydrogens is 655 g/mol. The maximum Gasteiger partial charge on any atom is 4.00 e. The number of hydrogen-bond acceptors (Lipinski definition) is 0. The Hall–Kier alpha value is -4.50. The molecule has 1 radical (unpaired) electrons. The SMILES string of the molecule is Cc1[c-]c(C)c(-c2cccc(-c3c(C)cc(C)cc3C)c2[NH-])c(C)[c-]1.Cc1cc(C)c(-c2cccc(-c3c(C)cc(C)cc3C)c2[NH-])c(C)c1.[V+4]. The molecule has 0 unspecified atom stereocenters. The van der Waals surface area contributed by atoms with Crippen LogP contribution < -0.4 is 0 Å². The second kappa shape index (κ2) is 15.8. The van der Waals surface area contributed by atoms with E-state index in [9.17, 15) is 0 Å². The van der Waals surface area contributed by atoms with Gasteiger partial charge in [-0.15, -0.1) is 16.9 Å². The van der Waals surface area contributed by atoms with Crippen LogP contribution in [0.4, 0.5) is 11.4 Å². The Morgan fingerprint density at radius 2 is 0.608 bits per heavy atom. The van der Waals surface area contributed by atoms with Gasteiger partial charge in [-0.1, -0.05) is 110 Å². The molecule has 0 aromatic heterocycles. The standard InChI is InChI=1S/C24H26N.C24H24N.V/c2*1-14-10-16(3)22(17(4)11-14)20-8-7-9-21(24(20)25)23-18(5)12-15(2)13-19(23)6;/h7-13,25H,1-6H3;7-11,25H,1-6H3;/q-1;-3;+4. The zero-order valence-electron chi connectivity index (χ0n) is 32.4. The second-order valence-corrected chi connectivity index (χ2v) is 14.3. The van der Waals surface area contributed by atoms with Crippen molar-refractivity contribution >= 4 is 11.4 Å². The maximum atomic E-state index is 8.92. The zero-order chi connectivity index (χ0) is 36.6. The van der Waals surface area contributed by atoms with Crippen LogP contribution in [0.3, 0.4) is 0 Å². The van der Waals surface area contributed by atoms with Gasteiger partial charge in [0.2, 0.25) is 0 Å². The van der Waals surface area contributed by atoms with Gasteiger partial charge < -0.3 is 23.6 Å². The van der Waals surface area contributed by atoms with Crippen molar-refractivity contribution in [2.45, 2.75) is 83.1 Å². The normalized spacial score (nSPS) is 10.7. The number of nitrogens with one attached hydrogen (secondary N) is 2. The molecule has 257 valence electrons. The summed E-state index contributed by atoms with van der Waals surface area (Å²) in [6.07, 6.45) is 0. The van der Waals surface area contributed by atoms with Crippen molar-refractivity contribution in [3.63, 3.8) is 0 Å². The van der Waals surface area contributed by atoms with Crippen molar-refractivity contribution in [3.8, 4) is 44.5 Å². The Kier molecular flexibility index (Phi) is 12.2. The third-order valence-corrected chi connectivity index (χ3v) is 9.74. The van der Waals surface area contributed by atoms with Crippen LogP contribution in [0.2, 0.25) is 0 Å². The molecule has 0 amide bonds. The number of hydrogen-bond donors (Lipinski definition) is 0. The molecule has 2 N–H and O–H groups in total. The van der Waals surface area contributed by atoms with Crippen molar-refractivity contribution in [1.82, 2.24) is 0 Å². The molecule has 6 rings (SSSR count). The fourth-order valence-corrected chi connectivity index (χ4v) is 8.16. The van der Waals surface area contributed by atoms with Gasteiger partial charge in [0, 0.05) is 0 Å². The minimum absolute atomic E-state index is 0. The van der Waals surface area contributed by atoms with Crippen LogP contribution in [-0.2, 0) is 18.6 Å². The minimum Gasteiger partial charge on any atom is -0.699 e. The van der Waals surface area contributed by atoms with Crippen LogP contribution >= 0.6 is 0 Å². The summed E-state index contributed by atoms with van der Waals surface area (Å²) in [5.74, 6) is 0. The van der Waals surface area contributed by atoms with Crippen LogP contribution in [-0.4, -0.2) is 0 Å². The van der Waals surface area contributed by atoms with Crippen molar-refractivity contribution in [2.24, 2.45) is 0 Å². The fraction of sp³-hybridized carbons (Fsp3) is 0.250. The fourth-order valence-electron chi connectivity index (χ4n) is 8.16. The summed E-state index contributed by atoms with van der Waals surface area (Å²) in [7, 11) is 0. The number of rotatable bonds is 4. The van der Waals surface area contributed by atoms with Crippen LogP contribution in [0.25, 0.3) is 56.0 Å². The Morgan fingerprint density at radius 1 is 0.373 bits per heavy atom. The average Bonchev–Trinajstić information content (AvgIpc) is 2.99. The average molecular weight is 706 g/mol. The van der Waals surface area contributed by atoms with Gasteiger partial charge in [0.1, 0.15) is 0 Å². The summed E-state index contributed by atoms with van der Waals surface area (Å²) in [4.78, 5) is 0. The largest absolute Gasteiger partial charge is 4.00 e. The van der Waals surface area contributed by atoms with E-state index >= 15 is 0 Å². The van der Waals surface area contributed by atoms with Gasteiger partial charge in [-0.05, 0) is 129 Å². The van der Waals surface area contributed by atoms with E-state index in [1.165, 1.54) is 66.8 Å². The maximum absolute atomic E-state index is 8.92. The molecule has 0 aliphatic rings. The molecule has 0 bridgehead atoms. The van der Waals surface area contributed by atoms with Crippen LogP contribution in [0.1, 0.15) is 66.8 Å². The second-order valence-electron chi connectivity index (χ2n) is 14.3. The van der Waals surface area contributed by atoms with E-state index in [1.54, 1.807) is 0 Å². The molecule has 0 spiro atoms. The quantitative estimate of drug-likeness (QED) is 0.164. The van der Waals surface area contributed by atoms with E-state index in [1.807, 2.05) is 13.0 Å². The molecule has 0 aliphatic carbocycles. The third kappa shape index (κ3) is 8.04. The molecule has 0 saturated heterocycles. The van der Waals surface area contributed by atoms with E-state index in [2.05, 4.69) is 155 Å². The summed E-state index contributed by atoms with van der Waals surface area (Å²) in [6.45, 7) is 25.3. The Labute approximate surface area is 319 Å². The van der Waals surface area contributed by atoms with Gasteiger partial charge in [-0.3, -0.25) is 16.7 Å². The Balaban J connectivity index is 0.000000224. The van der Waals surface area contributed by atoms with Crippen molar-refractivity contribution in [3.05, 3.63) is 163 Å². The smallest absolute Gasteiger partial charge is 0.699 e. The predicted octanol–water partition coefficient (Wildman–Crippen LogP) is 14.7. The number of benzene rings is 6. The third-order valence-electron chi connectivity index (χ3n) is 9.74. The predicted molar refractivity (Wildman–Crippen MR) is 217 cm³/mol. The number of aryl methyl sites for hydroxylation is 12. The molecule has 0 atom stereocenters. The molecule has 3 heteroatoms. The van der Waals surface area contributed by atoms with Crippen molar-refractivity contribution in [2.75, 3.05) is 0 Å². The summed E-state index contributed by atoms with van der Waals surface area (Å²) in [5, 5.41) is 0. The van der Waals surface area contributed by atoms with Gasteiger partial charge >= 0.3 is 18.6 Å². The van der Waals surface area contributed by atoms with Gasteiger partial charge in [0.25, 0.3) is 0 Å². The zero-order valence-corrected chi connectivity index (χ0v) is 33.8. The van der Waals surface area contributed by atoms with Crippen molar-refractivity contribution < 1.29 is 18.6 Å². The van der Waals surface area contributed by atoms with E-state index in [4.69, 9.17) is 11.5 Å². The molecule has 0 fully saturated rings. The van der Waals surface area contributed by atoms with E-state index in [0.717, 1.165) is 44.5 Å². The first-order valence-corrected chi connectivity index (χ1v) is 17.5. The summed E-state index contributed by atoms with van der Waals surface area (Å²) >= 11 is 0. The molecule has 0 saturated carbocycles. The molecule has 0 aliphatic heterocycles. The Bertz CT molecular complexity index is 1850. The van der Waals surface area contributed by atoms with Gasteiger partial charge in [0.05, 0.1) is 0 Å².